The Hall–Kier alpha value is -2.34. The van der Waals surface area contributed by atoms with E-state index in [1.54, 1.807) is 10.4 Å². The molecule has 1 aromatic heterocycles. The van der Waals surface area contributed by atoms with Gasteiger partial charge in [0.05, 0.1) is 10.6 Å². The maximum atomic E-state index is 12.9. The van der Waals surface area contributed by atoms with Crippen LogP contribution in [0.25, 0.3) is 10.4 Å². The van der Waals surface area contributed by atoms with Gasteiger partial charge in [-0.25, -0.2) is 22.3 Å². The van der Waals surface area contributed by atoms with E-state index in [0.717, 1.165) is 42.7 Å². The number of rotatable bonds is 10. The standard InChI is InChI=1S/C25H31ClN2O7S2/c26-21-22(35-14-20(29)30)24(25(31)32)36-23(21)17-7-4-8-19(13-17)27-18-9-11-28(12-10-18)37(33,34)15-16-5-2-1-3-6-16/h4,7-8,13,16,18,27H,1-3,5-6,9-12,14-15H2,(H,29,30)(H,31,32). The molecule has 1 saturated carbocycles. The van der Waals surface area contributed by atoms with E-state index in [-0.39, 0.29) is 33.4 Å². The summed E-state index contributed by atoms with van der Waals surface area (Å²) in [4.78, 5) is 22.8. The van der Waals surface area contributed by atoms with Crippen molar-refractivity contribution >= 4 is 50.6 Å². The first kappa shape index (κ1) is 27.7. The van der Waals surface area contributed by atoms with E-state index in [1.807, 2.05) is 18.2 Å². The van der Waals surface area contributed by atoms with Crippen LogP contribution in [0.1, 0.15) is 54.6 Å². The number of aliphatic carboxylic acids is 1. The monoisotopic (exact) mass is 570 g/mol. The number of carbonyl (C=O) groups is 2. The highest BCUT2D eigenvalue weighted by atomic mass is 35.5. The summed E-state index contributed by atoms with van der Waals surface area (Å²) >= 11 is 7.33. The maximum Gasteiger partial charge on any atom is 0.349 e. The van der Waals surface area contributed by atoms with Gasteiger partial charge in [0, 0.05) is 24.8 Å². The highest BCUT2D eigenvalue weighted by Crippen LogP contribution is 2.46. The lowest BCUT2D eigenvalue weighted by Crippen LogP contribution is -2.44. The average molecular weight is 571 g/mol. The van der Waals surface area contributed by atoms with E-state index in [1.165, 1.54) is 6.42 Å². The number of hydrogen-bond donors (Lipinski definition) is 3. The molecule has 2 fully saturated rings. The second-order valence-corrected chi connectivity index (χ2v) is 13.0. The van der Waals surface area contributed by atoms with E-state index >= 15 is 0 Å². The van der Waals surface area contributed by atoms with Gasteiger partial charge in [0.25, 0.3) is 0 Å². The van der Waals surface area contributed by atoms with Gasteiger partial charge in [0.2, 0.25) is 10.0 Å². The number of carboxylic acid groups (broad SMARTS) is 2. The highest BCUT2D eigenvalue weighted by Gasteiger charge is 2.31. The molecule has 0 bridgehead atoms. The molecule has 202 valence electrons. The van der Waals surface area contributed by atoms with Gasteiger partial charge in [-0.3, -0.25) is 0 Å². The Morgan fingerprint density at radius 1 is 1.11 bits per heavy atom. The van der Waals surface area contributed by atoms with E-state index < -0.39 is 28.6 Å². The fourth-order valence-electron chi connectivity index (χ4n) is 5.01. The number of carboxylic acids is 2. The number of nitrogens with one attached hydrogen (secondary N) is 1. The van der Waals surface area contributed by atoms with Crippen molar-refractivity contribution in [2.75, 3.05) is 30.8 Å². The van der Waals surface area contributed by atoms with Crippen LogP contribution in [0.4, 0.5) is 5.69 Å². The molecular weight excluding hydrogens is 540 g/mol. The number of hydrogen-bond acceptors (Lipinski definition) is 7. The van der Waals surface area contributed by atoms with E-state index in [9.17, 15) is 23.1 Å². The molecule has 2 heterocycles. The summed E-state index contributed by atoms with van der Waals surface area (Å²) < 4.78 is 32.6. The summed E-state index contributed by atoms with van der Waals surface area (Å²) in [6.07, 6.45) is 6.82. The summed E-state index contributed by atoms with van der Waals surface area (Å²) in [6, 6.07) is 7.43. The van der Waals surface area contributed by atoms with Crippen molar-refractivity contribution in [3.8, 4) is 16.2 Å². The van der Waals surface area contributed by atoms with Crippen molar-refractivity contribution in [1.82, 2.24) is 4.31 Å². The molecule has 0 unspecified atom stereocenters. The summed E-state index contributed by atoms with van der Waals surface area (Å²) in [6.45, 7) is 0.262. The Labute approximate surface area is 225 Å². The van der Waals surface area contributed by atoms with Gasteiger partial charge in [-0.2, -0.15) is 0 Å². The van der Waals surface area contributed by atoms with Crippen LogP contribution < -0.4 is 10.1 Å². The normalized spacial score (nSPS) is 18.0. The minimum absolute atomic E-state index is 0.0530. The fraction of sp³-hybridized carbons (Fsp3) is 0.520. The Kier molecular flexibility index (Phi) is 8.99. The number of piperidine rings is 1. The molecule has 0 radical (unpaired) electrons. The third-order valence-corrected chi connectivity index (χ3v) is 10.6. The van der Waals surface area contributed by atoms with Crippen molar-refractivity contribution in [2.24, 2.45) is 5.92 Å². The van der Waals surface area contributed by atoms with Gasteiger partial charge in [0.15, 0.2) is 17.2 Å². The molecule has 3 N–H and O–H groups in total. The molecule has 2 aliphatic rings. The molecule has 12 heteroatoms. The van der Waals surface area contributed by atoms with E-state index in [2.05, 4.69) is 5.32 Å². The predicted molar refractivity (Wildman–Crippen MR) is 143 cm³/mol. The molecule has 9 nitrogen and oxygen atoms in total. The predicted octanol–water partition coefficient (Wildman–Crippen LogP) is 5.02. The summed E-state index contributed by atoms with van der Waals surface area (Å²) in [5.74, 6) is -2.11. The van der Waals surface area contributed by atoms with Crippen molar-refractivity contribution in [1.29, 1.82) is 0 Å². The Balaban J connectivity index is 1.40. The van der Waals surface area contributed by atoms with E-state index in [4.69, 9.17) is 21.4 Å². The lowest BCUT2D eigenvalue weighted by molar-refractivity contribution is -0.139. The van der Waals surface area contributed by atoms with Crippen LogP contribution in [-0.4, -0.2) is 66.4 Å². The molecule has 0 atom stereocenters. The fourth-order valence-corrected chi connectivity index (χ4v) is 8.32. The lowest BCUT2D eigenvalue weighted by Gasteiger charge is -2.33. The summed E-state index contributed by atoms with van der Waals surface area (Å²) in [5.41, 5.74) is 1.47. The maximum absolute atomic E-state index is 12.9. The molecule has 1 aliphatic heterocycles. The molecule has 0 spiro atoms. The molecular formula is C25H31ClN2O7S2. The van der Waals surface area contributed by atoms with Crippen LogP contribution in [0.5, 0.6) is 5.75 Å². The lowest BCUT2D eigenvalue weighted by atomic mass is 9.91. The zero-order chi connectivity index (χ0) is 26.6. The zero-order valence-corrected chi connectivity index (χ0v) is 22.7. The second-order valence-electron chi connectivity index (χ2n) is 9.57. The SMILES string of the molecule is O=C(O)COc1c(C(=O)O)sc(-c2cccc(NC3CCN(S(=O)(=O)CC4CCCCC4)CC3)c2)c1Cl. The molecule has 4 rings (SSSR count). The average Bonchev–Trinajstić information content (AvgIpc) is 3.20. The van der Waals surface area contributed by atoms with E-state index in [0.29, 0.717) is 36.4 Å². The molecule has 1 aromatic carbocycles. The number of anilines is 1. The number of nitrogens with zero attached hydrogens (tertiary/aromatic N) is 1. The van der Waals surface area contributed by atoms with Crippen molar-refractivity contribution in [2.45, 2.75) is 51.0 Å². The molecule has 0 amide bonds. The van der Waals surface area contributed by atoms with Crippen LogP contribution in [0.3, 0.4) is 0 Å². The van der Waals surface area contributed by atoms with Crippen LogP contribution in [0, 0.1) is 5.92 Å². The van der Waals surface area contributed by atoms with Crippen LogP contribution in [0.15, 0.2) is 24.3 Å². The number of ether oxygens (including phenoxy) is 1. The molecule has 2 aromatic rings. The smallest absolute Gasteiger partial charge is 0.349 e. The minimum atomic E-state index is -3.25. The van der Waals surface area contributed by atoms with Crippen LogP contribution in [0.2, 0.25) is 5.02 Å². The highest BCUT2D eigenvalue weighted by molar-refractivity contribution is 7.89. The van der Waals surface area contributed by atoms with Crippen molar-refractivity contribution < 1.29 is 33.0 Å². The largest absolute Gasteiger partial charge is 0.479 e. The summed E-state index contributed by atoms with van der Waals surface area (Å²) in [7, 11) is -3.25. The Morgan fingerprint density at radius 2 is 1.81 bits per heavy atom. The van der Waals surface area contributed by atoms with Gasteiger partial charge in [-0.1, -0.05) is 43.0 Å². The topological polar surface area (TPSA) is 133 Å². The third kappa shape index (κ3) is 6.95. The molecule has 1 aliphatic carbocycles. The number of sulfonamides is 1. The van der Waals surface area contributed by atoms with Gasteiger partial charge in [-0.05, 0) is 49.3 Å². The third-order valence-electron chi connectivity index (χ3n) is 6.86. The van der Waals surface area contributed by atoms with Crippen molar-refractivity contribution in [3.63, 3.8) is 0 Å². The van der Waals surface area contributed by atoms with Crippen LogP contribution >= 0.6 is 22.9 Å². The minimum Gasteiger partial charge on any atom is -0.479 e. The number of halogens is 1. The number of aromatic carboxylic acids is 1. The summed E-state index contributed by atoms with van der Waals surface area (Å²) in [5, 5.41) is 21.9. The number of thiophene rings is 1. The second kappa shape index (κ2) is 12.0. The van der Waals surface area contributed by atoms with Gasteiger partial charge in [-0.15, -0.1) is 11.3 Å². The van der Waals surface area contributed by atoms with Gasteiger partial charge in [0.1, 0.15) is 5.02 Å². The first-order valence-corrected chi connectivity index (χ1v) is 15.2. The van der Waals surface area contributed by atoms with Crippen LogP contribution in [-0.2, 0) is 14.8 Å². The molecule has 1 saturated heterocycles. The molecule has 37 heavy (non-hydrogen) atoms. The first-order valence-electron chi connectivity index (χ1n) is 12.4. The van der Waals surface area contributed by atoms with Crippen molar-refractivity contribution in [3.05, 3.63) is 34.2 Å². The van der Waals surface area contributed by atoms with Gasteiger partial charge >= 0.3 is 11.9 Å². The Bertz CT molecular complexity index is 1230. The Morgan fingerprint density at radius 3 is 2.46 bits per heavy atom. The number of benzene rings is 1. The first-order chi connectivity index (χ1) is 17.6. The quantitative estimate of drug-likeness (QED) is 0.363. The zero-order valence-electron chi connectivity index (χ0n) is 20.3. The van der Waals surface area contributed by atoms with Gasteiger partial charge < -0.3 is 20.3 Å².